The fraction of sp³-hybridized carbons (Fsp3) is 0.667. The van der Waals surface area contributed by atoms with Gasteiger partial charge in [-0.15, -0.1) is 0 Å². The van der Waals surface area contributed by atoms with Crippen molar-refractivity contribution in [2.24, 2.45) is 4.99 Å². The Morgan fingerprint density at radius 1 is 1.29 bits per heavy atom. The average Bonchev–Trinajstić information content (AvgIpc) is 3.24. The summed E-state index contributed by atoms with van der Waals surface area (Å²) in [5, 5.41) is 3.38. The van der Waals surface area contributed by atoms with Crippen LogP contribution < -0.4 is 10.2 Å². The van der Waals surface area contributed by atoms with Crippen molar-refractivity contribution in [2.45, 2.75) is 32.3 Å². The molecule has 0 amide bonds. The van der Waals surface area contributed by atoms with E-state index >= 15 is 0 Å². The summed E-state index contributed by atoms with van der Waals surface area (Å²) >= 11 is 0. The number of anilines is 1. The molecule has 0 aliphatic carbocycles. The van der Waals surface area contributed by atoms with Crippen LogP contribution in [-0.2, 0) is 9.47 Å². The van der Waals surface area contributed by atoms with Gasteiger partial charge in [0.15, 0.2) is 5.96 Å². The molecule has 2 aliphatic rings. The lowest BCUT2D eigenvalue weighted by Gasteiger charge is -2.37. The maximum Gasteiger partial charge on any atom is 0.194 e. The zero-order chi connectivity index (χ0) is 19.6. The first kappa shape index (κ1) is 20.9. The molecule has 3 rings (SSSR count). The third kappa shape index (κ3) is 6.07. The molecular weight excluding hydrogens is 359 g/mol. The minimum absolute atomic E-state index is 0.153. The first-order valence-corrected chi connectivity index (χ1v) is 10.5. The second kappa shape index (κ2) is 11.2. The largest absolute Gasteiger partial charge is 0.379 e. The predicted octanol–water partition coefficient (Wildman–Crippen LogP) is 2.50. The lowest BCUT2D eigenvalue weighted by Crippen LogP contribution is -2.52. The Morgan fingerprint density at radius 3 is 2.82 bits per heavy atom. The summed E-state index contributed by atoms with van der Waals surface area (Å²) in [6.45, 7) is 9.16. The van der Waals surface area contributed by atoms with E-state index in [-0.39, 0.29) is 11.9 Å². The van der Waals surface area contributed by atoms with Crippen LogP contribution in [0.2, 0.25) is 0 Å². The quantitative estimate of drug-likeness (QED) is 0.419. The molecular formula is C21H33FN4O2. The normalized spacial score (nSPS) is 20.6. The third-order valence-electron chi connectivity index (χ3n) is 5.14. The SMILES string of the molecule is CCNC(=NCCCOCC1CCCO1)N1CCN(c2ccccc2F)CC1. The van der Waals surface area contributed by atoms with Crippen LogP contribution in [-0.4, -0.2) is 76.1 Å². The minimum Gasteiger partial charge on any atom is -0.379 e. The number of benzene rings is 1. The van der Waals surface area contributed by atoms with Crippen LogP contribution in [0.4, 0.5) is 10.1 Å². The number of nitrogens with one attached hydrogen (secondary N) is 1. The van der Waals surface area contributed by atoms with E-state index in [4.69, 9.17) is 14.5 Å². The molecule has 156 valence electrons. The van der Waals surface area contributed by atoms with Gasteiger partial charge in [-0.3, -0.25) is 4.99 Å². The summed E-state index contributed by atoms with van der Waals surface area (Å²) in [6.07, 6.45) is 3.44. The number of hydrogen-bond acceptors (Lipinski definition) is 4. The molecule has 0 saturated carbocycles. The van der Waals surface area contributed by atoms with Crippen LogP contribution in [0, 0.1) is 5.82 Å². The number of hydrogen-bond donors (Lipinski definition) is 1. The average molecular weight is 393 g/mol. The summed E-state index contributed by atoms with van der Waals surface area (Å²) in [5.41, 5.74) is 0.687. The van der Waals surface area contributed by atoms with Gasteiger partial charge in [0.25, 0.3) is 0 Å². The number of guanidine groups is 1. The van der Waals surface area contributed by atoms with Gasteiger partial charge in [0.05, 0.1) is 18.4 Å². The Hall–Kier alpha value is -1.86. The second-order valence-electron chi connectivity index (χ2n) is 7.22. The number of piperazine rings is 1. The number of rotatable bonds is 8. The first-order chi connectivity index (χ1) is 13.8. The molecule has 7 heteroatoms. The zero-order valence-corrected chi connectivity index (χ0v) is 16.9. The van der Waals surface area contributed by atoms with E-state index in [0.717, 1.165) is 71.1 Å². The standard InChI is InChI=1S/C21H33FN4O2/c1-2-23-21(24-10-6-15-27-17-18-7-5-16-28-18)26-13-11-25(12-14-26)20-9-4-3-8-19(20)22/h3-4,8-9,18H,2,5-7,10-17H2,1H3,(H,23,24). The highest BCUT2D eigenvalue weighted by atomic mass is 19.1. The number of aliphatic imine (C=N–C) groups is 1. The van der Waals surface area contributed by atoms with Gasteiger partial charge in [-0.25, -0.2) is 4.39 Å². The Balaban J connectivity index is 1.41. The van der Waals surface area contributed by atoms with Gasteiger partial charge in [0, 0.05) is 52.5 Å². The number of halogens is 1. The highest BCUT2D eigenvalue weighted by Gasteiger charge is 2.21. The number of para-hydroxylation sites is 1. The third-order valence-corrected chi connectivity index (χ3v) is 5.14. The molecule has 1 N–H and O–H groups in total. The second-order valence-corrected chi connectivity index (χ2v) is 7.22. The summed E-state index contributed by atoms with van der Waals surface area (Å²) in [7, 11) is 0. The van der Waals surface area contributed by atoms with E-state index in [1.807, 2.05) is 12.1 Å². The molecule has 1 unspecified atom stereocenters. The smallest absolute Gasteiger partial charge is 0.194 e. The summed E-state index contributed by atoms with van der Waals surface area (Å²) < 4.78 is 25.3. The van der Waals surface area contributed by atoms with E-state index in [2.05, 4.69) is 22.0 Å². The van der Waals surface area contributed by atoms with Crippen LogP contribution >= 0.6 is 0 Å². The van der Waals surface area contributed by atoms with Crippen molar-refractivity contribution in [3.05, 3.63) is 30.1 Å². The fourth-order valence-corrected chi connectivity index (χ4v) is 3.64. The van der Waals surface area contributed by atoms with Gasteiger partial charge in [-0.1, -0.05) is 12.1 Å². The van der Waals surface area contributed by atoms with Crippen molar-refractivity contribution >= 4 is 11.6 Å². The molecule has 0 aromatic heterocycles. The van der Waals surface area contributed by atoms with Crippen molar-refractivity contribution in [1.82, 2.24) is 10.2 Å². The molecule has 0 bridgehead atoms. The molecule has 0 radical (unpaired) electrons. The Bertz CT molecular complexity index is 614. The van der Waals surface area contributed by atoms with Gasteiger partial charge in [-0.05, 0) is 38.3 Å². The van der Waals surface area contributed by atoms with Gasteiger partial charge in [0.1, 0.15) is 5.82 Å². The van der Waals surface area contributed by atoms with E-state index < -0.39 is 0 Å². The fourth-order valence-electron chi connectivity index (χ4n) is 3.64. The molecule has 28 heavy (non-hydrogen) atoms. The highest BCUT2D eigenvalue weighted by Crippen LogP contribution is 2.20. The van der Waals surface area contributed by atoms with Gasteiger partial charge < -0.3 is 24.6 Å². The summed E-state index contributed by atoms with van der Waals surface area (Å²) in [4.78, 5) is 9.11. The van der Waals surface area contributed by atoms with Crippen molar-refractivity contribution in [3.63, 3.8) is 0 Å². The van der Waals surface area contributed by atoms with Crippen LogP contribution in [0.1, 0.15) is 26.2 Å². The van der Waals surface area contributed by atoms with Crippen LogP contribution in [0.5, 0.6) is 0 Å². The van der Waals surface area contributed by atoms with Crippen LogP contribution in [0.15, 0.2) is 29.3 Å². The Labute approximate surface area is 167 Å². The maximum atomic E-state index is 14.0. The van der Waals surface area contributed by atoms with Gasteiger partial charge in [-0.2, -0.15) is 0 Å². The molecule has 1 atom stereocenters. The molecule has 0 spiro atoms. The van der Waals surface area contributed by atoms with E-state index in [1.54, 1.807) is 6.07 Å². The summed E-state index contributed by atoms with van der Waals surface area (Å²) in [5.74, 6) is 0.786. The molecule has 2 heterocycles. The van der Waals surface area contributed by atoms with E-state index in [0.29, 0.717) is 18.9 Å². The lowest BCUT2D eigenvalue weighted by molar-refractivity contribution is 0.0170. The molecule has 6 nitrogen and oxygen atoms in total. The molecule has 2 aliphatic heterocycles. The molecule has 1 aromatic rings. The molecule has 2 saturated heterocycles. The van der Waals surface area contributed by atoms with Crippen molar-refractivity contribution in [2.75, 3.05) is 64.0 Å². The monoisotopic (exact) mass is 392 g/mol. The van der Waals surface area contributed by atoms with E-state index in [1.165, 1.54) is 6.07 Å². The first-order valence-electron chi connectivity index (χ1n) is 10.5. The molecule has 1 aromatic carbocycles. The summed E-state index contributed by atoms with van der Waals surface area (Å²) in [6, 6.07) is 6.99. The van der Waals surface area contributed by atoms with Gasteiger partial charge in [0.2, 0.25) is 0 Å². The predicted molar refractivity (Wildman–Crippen MR) is 111 cm³/mol. The van der Waals surface area contributed by atoms with Gasteiger partial charge >= 0.3 is 0 Å². The topological polar surface area (TPSA) is 49.3 Å². The molecule has 2 fully saturated rings. The number of nitrogens with zero attached hydrogens (tertiary/aromatic N) is 3. The van der Waals surface area contributed by atoms with Crippen molar-refractivity contribution < 1.29 is 13.9 Å². The number of ether oxygens (including phenoxy) is 2. The van der Waals surface area contributed by atoms with Crippen molar-refractivity contribution in [3.8, 4) is 0 Å². The van der Waals surface area contributed by atoms with Crippen LogP contribution in [0.3, 0.4) is 0 Å². The highest BCUT2D eigenvalue weighted by molar-refractivity contribution is 5.80. The lowest BCUT2D eigenvalue weighted by atomic mass is 10.2. The Morgan fingerprint density at radius 2 is 2.11 bits per heavy atom. The van der Waals surface area contributed by atoms with Crippen LogP contribution in [0.25, 0.3) is 0 Å². The maximum absolute atomic E-state index is 14.0. The minimum atomic E-state index is -0.153. The zero-order valence-electron chi connectivity index (χ0n) is 16.9. The van der Waals surface area contributed by atoms with Crippen molar-refractivity contribution in [1.29, 1.82) is 0 Å². The van der Waals surface area contributed by atoms with E-state index in [9.17, 15) is 4.39 Å². The Kier molecular flexibility index (Phi) is 8.36.